The quantitative estimate of drug-likeness (QED) is 0.427. The van der Waals surface area contributed by atoms with E-state index in [0.29, 0.717) is 25.5 Å². The van der Waals surface area contributed by atoms with Gasteiger partial charge in [-0.25, -0.2) is 0 Å². The molecule has 0 aromatic heterocycles. The second kappa shape index (κ2) is 8.33. The van der Waals surface area contributed by atoms with Crippen LogP contribution in [0.4, 0.5) is 11.4 Å². The fraction of sp³-hybridized carbons (Fsp3) is 0.263. The second-order valence-corrected chi connectivity index (χ2v) is 6.04. The Hall–Kier alpha value is -2.09. The lowest BCUT2D eigenvalue weighted by Crippen LogP contribution is -2.31. The zero-order valence-electron chi connectivity index (χ0n) is 14.5. The lowest BCUT2D eigenvalue weighted by atomic mass is 10.1. The third kappa shape index (κ3) is 4.50. The Morgan fingerprint density at radius 3 is 2.72 bits per heavy atom. The second-order valence-electron chi connectivity index (χ2n) is 6.04. The molecular formula is C19H23IN4O. The van der Waals surface area contributed by atoms with Gasteiger partial charge in [0, 0.05) is 17.9 Å². The van der Waals surface area contributed by atoms with E-state index < -0.39 is 0 Å². The number of carbonyl (C=O) groups excluding carboxylic acids is 1. The number of nitrogens with two attached hydrogens (primary N) is 1. The third-order valence-electron chi connectivity index (χ3n) is 4.31. The Morgan fingerprint density at radius 2 is 1.96 bits per heavy atom. The summed E-state index contributed by atoms with van der Waals surface area (Å²) in [6.07, 6.45) is 0.469. The molecule has 0 unspecified atom stereocenters. The summed E-state index contributed by atoms with van der Waals surface area (Å²) >= 11 is 0. The summed E-state index contributed by atoms with van der Waals surface area (Å²) < 4.78 is 0. The van der Waals surface area contributed by atoms with Crippen molar-refractivity contribution in [1.82, 2.24) is 0 Å². The van der Waals surface area contributed by atoms with Crippen LogP contribution in [0.15, 0.2) is 47.5 Å². The van der Waals surface area contributed by atoms with Gasteiger partial charge in [-0.2, -0.15) is 0 Å². The molecule has 1 amide bonds. The first-order chi connectivity index (χ1) is 11.5. The molecule has 0 saturated heterocycles. The zero-order valence-corrected chi connectivity index (χ0v) is 16.8. The van der Waals surface area contributed by atoms with Gasteiger partial charge in [0.2, 0.25) is 5.91 Å². The highest BCUT2D eigenvalue weighted by molar-refractivity contribution is 14.0. The number of guanidine groups is 1. The van der Waals surface area contributed by atoms with Crippen LogP contribution in [0.5, 0.6) is 0 Å². The molecule has 3 N–H and O–H groups in total. The molecule has 0 fully saturated rings. The van der Waals surface area contributed by atoms with E-state index in [0.717, 1.165) is 16.9 Å². The molecule has 2 aromatic carbocycles. The first-order valence-corrected chi connectivity index (χ1v) is 8.07. The smallest absolute Gasteiger partial charge is 0.231 e. The number of para-hydroxylation sites is 1. The number of benzene rings is 2. The van der Waals surface area contributed by atoms with E-state index >= 15 is 0 Å². The number of nitrogens with one attached hydrogen (secondary N) is 1. The summed E-state index contributed by atoms with van der Waals surface area (Å²) in [6, 6.07) is 13.9. The molecule has 0 aliphatic carbocycles. The van der Waals surface area contributed by atoms with Crippen LogP contribution in [0.2, 0.25) is 0 Å². The van der Waals surface area contributed by atoms with Gasteiger partial charge in [-0.3, -0.25) is 9.79 Å². The van der Waals surface area contributed by atoms with Crippen molar-refractivity contribution in [2.45, 2.75) is 20.3 Å². The SMILES string of the molecule is Cc1ccc(NC(N)=NCCN2C(=O)Cc3ccccc32)cc1C.I. The maximum atomic E-state index is 12.1. The van der Waals surface area contributed by atoms with Crippen molar-refractivity contribution in [2.24, 2.45) is 10.7 Å². The Kier molecular flexibility index (Phi) is 6.41. The predicted octanol–water partition coefficient (Wildman–Crippen LogP) is 3.24. The molecule has 0 spiro atoms. The number of carbonyl (C=O) groups is 1. The summed E-state index contributed by atoms with van der Waals surface area (Å²) in [6.45, 7) is 5.13. The number of hydrogen-bond donors (Lipinski definition) is 2. The topological polar surface area (TPSA) is 70.7 Å². The number of amides is 1. The molecular weight excluding hydrogens is 427 g/mol. The maximum Gasteiger partial charge on any atom is 0.231 e. The number of halogens is 1. The van der Waals surface area contributed by atoms with Gasteiger partial charge >= 0.3 is 0 Å². The van der Waals surface area contributed by atoms with Gasteiger partial charge in [-0.15, -0.1) is 24.0 Å². The van der Waals surface area contributed by atoms with E-state index in [4.69, 9.17) is 5.73 Å². The Balaban J connectivity index is 0.00000225. The number of aryl methyl sites for hydroxylation is 2. The van der Waals surface area contributed by atoms with Crippen molar-refractivity contribution in [3.05, 3.63) is 59.2 Å². The van der Waals surface area contributed by atoms with Crippen LogP contribution in [-0.2, 0) is 11.2 Å². The summed E-state index contributed by atoms with van der Waals surface area (Å²) in [5.41, 5.74) is 11.4. The van der Waals surface area contributed by atoms with E-state index in [-0.39, 0.29) is 29.9 Å². The number of fused-ring (bicyclic) bond motifs is 1. The highest BCUT2D eigenvalue weighted by atomic mass is 127. The van der Waals surface area contributed by atoms with Gasteiger partial charge in [-0.1, -0.05) is 24.3 Å². The molecule has 1 heterocycles. The van der Waals surface area contributed by atoms with Crippen molar-refractivity contribution >= 4 is 47.2 Å². The van der Waals surface area contributed by atoms with Gasteiger partial charge in [0.05, 0.1) is 13.0 Å². The van der Waals surface area contributed by atoms with Gasteiger partial charge in [-0.05, 0) is 48.7 Å². The predicted molar refractivity (Wildman–Crippen MR) is 114 cm³/mol. The summed E-state index contributed by atoms with van der Waals surface area (Å²) in [5.74, 6) is 0.477. The Labute approximate surface area is 165 Å². The van der Waals surface area contributed by atoms with E-state index in [1.807, 2.05) is 42.5 Å². The minimum Gasteiger partial charge on any atom is -0.370 e. The average Bonchev–Trinajstić information content (AvgIpc) is 2.87. The molecule has 6 heteroatoms. The third-order valence-corrected chi connectivity index (χ3v) is 4.31. The Morgan fingerprint density at radius 1 is 1.20 bits per heavy atom. The van der Waals surface area contributed by atoms with Gasteiger partial charge < -0.3 is 16.0 Å². The summed E-state index contributed by atoms with van der Waals surface area (Å²) in [4.78, 5) is 18.2. The van der Waals surface area contributed by atoms with Crippen molar-refractivity contribution in [1.29, 1.82) is 0 Å². The van der Waals surface area contributed by atoms with E-state index in [9.17, 15) is 4.79 Å². The average molecular weight is 450 g/mol. The molecule has 25 heavy (non-hydrogen) atoms. The molecule has 5 nitrogen and oxygen atoms in total. The standard InChI is InChI=1S/C19H22N4O.HI/c1-13-7-8-16(11-14(13)2)22-19(20)21-9-10-23-17-6-4-3-5-15(17)12-18(23)24;/h3-8,11H,9-10,12H2,1-2H3,(H3,20,21,22);1H. The molecule has 1 aliphatic heterocycles. The van der Waals surface area contributed by atoms with Crippen molar-refractivity contribution in [2.75, 3.05) is 23.3 Å². The normalized spacial score (nSPS) is 13.4. The fourth-order valence-corrected chi connectivity index (χ4v) is 2.84. The highest BCUT2D eigenvalue weighted by Gasteiger charge is 2.25. The molecule has 2 aromatic rings. The molecule has 0 bridgehead atoms. The van der Waals surface area contributed by atoms with Crippen LogP contribution in [0.1, 0.15) is 16.7 Å². The van der Waals surface area contributed by atoms with E-state index in [2.05, 4.69) is 24.2 Å². The highest BCUT2D eigenvalue weighted by Crippen LogP contribution is 2.27. The summed E-state index contributed by atoms with van der Waals surface area (Å²) in [7, 11) is 0. The molecule has 0 radical (unpaired) electrons. The maximum absolute atomic E-state index is 12.1. The van der Waals surface area contributed by atoms with Gasteiger partial charge in [0.1, 0.15) is 0 Å². The summed E-state index contributed by atoms with van der Waals surface area (Å²) in [5, 5.41) is 3.09. The van der Waals surface area contributed by atoms with Crippen LogP contribution in [0.25, 0.3) is 0 Å². The monoisotopic (exact) mass is 450 g/mol. The number of nitrogens with zero attached hydrogens (tertiary/aromatic N) is 2. The van der Waals surface area contributed by atoms with Gasteiger partial charge in [0.15, 0.2) is 5.96 Å². The number of aliphatic imine (C=N–C) groups is 1. The molecule has 0 atom stereocenters. The molecule has 1 aliphatic rings. The minimum absolute atomic E-state index is 0. The number of anilines is 2. The van der Waals surface area contributed by atoms with Crippen LogP contribution < -0.4 is 16.0 Å². The fourth-order valence-electron chi connectivity index (χ4n) is 2.84. The van der Waals surface area contributed by atoms with Crippen molar-refractivity contribution < 1.29 is 4.79 Å². The molecule has 132 valence electrons. The van der Waals surface area contributed by atoms with Crippen molar-refractivity contribution in [3.63, 3.8) is 0 Å². The minimum atomic E-state index is 0. The number of hydrogen-bond acceptors (Lipinski definition) is 2. The van der Waals surface area contributed by atoms with Crippen LogP contribution in [0, 0.1) is 13.8 Å². The zero-order chi connectivity index (χ0) is 17.1. The lowest BCUT2D eigenvalue weighted by molar-refractivity contribution is -0.117. The van der Waals surface area contributed by atoms with Crippen molar-refractivity contribution in [3.8, 4) is 0 Å². The van der Waals surface area contributed by atoms with E-state index in [1.165, 1.54) is 11.1 Å². The Bertz CT molecular complexity index is 804. The van der Waals surface area contributed by atoms with Crippen LogP contribution in [0.3, 0.4) is 0 Å². The first-order valence-electron chi connectivity index (χ1n) is 8.07. The first kappa shape index (κ1) is 19.2. The molecule has 0 saturated carbocycles. The van der Waals surface area contributed by atoms with Gasteiger partial charge in [0.25, 0.3) is 0 Å². The number of rotatable bonds is 4. The van der Waals surface area contributed by atoms with Crippen LogP contribution >= 0.6 is 24.0 Å². The molecule has 3 rings (SSSR count). The van der Waals surface area contributed by atoms with E-state index in [1.54, 1.807) is 4.90 Å². The largest absolute Gasteiger partial charge is 0.370 e. The van der Waals surface area contributed by atoms with Crippen LogP contribution in [-0.4, -0.2) is 25.0 Å². The lowest BCUT2D eigenvalue weighted by Gasteiger charge is -2.16.